The highest BCUT2D eigenvalue weighted by Gasteiger charge is 2.04. The molecule has 0 fully saturated rings. The Morgan fingerprint density at radius 3 is 2.73 bits per heavy atom. The fraction of sp³-hybridized carbons (Fsp3) is 0.263. The number of carbonyl (C=O) groups is 1. The predicted molar refractivity (Wildman–Crippen MR) is 99.4 cm³/mol. The zero-order valence-electron chi connectivity index (χ0n) is 14.6. The highest BCUT2D eigenvalue weighted by atomic mass is 16.6. The number of nitrogens with one attached hydrogen (secondary N) is 1. The molecule has 26 heavy (non-hydrogen) atoms. The number of ether oxygens (including phenoxy) is 1. The molecule has 0 spiro atoms. The molecule has 0 radical (unpaired) electrons. The molecule has 2 rings (SSSR count). The summed E-state index contributed by atoms with van der Waals surface area (Å²) in [5.74, 6) is 0.641. The van der Waals surface area contributed by atoms with Crippen LogP contribution in [0, 0.1) is 10.1 Å². The molecule has 2 aromatic rings. The molecule has 0 saturated carbocycles. The lowest BCUT2D eigenvalue weighted by molar-refractivity contribution is -0.384. The molecule has 0 atom stereocenters. The maximum atomic E-state index is 11.8. The van der Waals surface area contributed by atoms with Crippen molar-refractivity contribution < 1.29 is 14.5 Å². The van der Waals surface area contributed by atoms with Gasteiger partial charge >= 0.3 is 0 Å². The van der Waals surface area contributed by atoms with E-state index in [9.17, 15) is 14.9 Å². The van der Waals surface area contributed by atoms with Crippen molar-refractivity contribution in [2.45, 2.75) is 26.2 Å². The van der Waals surface area contributed by atoms with Crippen molar-refractivity contribution in [2.75, 3.05) is 6.61 Å². The summed E-state index contributed by atoms with van der Waals surface area (Å²) in [6.07, 6.45) is 3.22. The van der Waals surface area contributed by atoms with Gasteiger partial charge < -0.3 is 4.74 Å². The first-order valence-corrected chi connectivity index (χ1v) is 8.36. The number of amides is 1. The minimum absolute atomic E-state index is 0.0179. The van der Waals surface area contributed by atoms with Crippen molar-refractivity contribution >= 4 is 17.8 Å². The molecular weight excluding hydrogens is 334 g/mol. The van der Waals surface area contributed by atoms with E-state index in [1.807, 2.05) is 31.2 Å². The Morgan fingerprint density at radius 1 is 1.27 bits per heavy atom. The maximum Gasteiger partial charge on any atom is 0.270 e. The van der Waals surface area contributed by atoms with Crippen LogP contribution in [-0.4, -0.2) is 23.7 Å². The number of benzene rings is 2. The number of non-ortho nitro benzene ring substituents is 1. The molecule has 1 N–H and O–H groups in total. The van der Waals surface area contributed by atoms with E-state index in [4.69, 9.17) is 4.74 Å². The van der Waals surface area contributed by atoms with Gasteiger partial charge in [-0.2, -0.15) is 5.10 Å². The maximum absolute atomic E-state index is 11.8. The minimum Gasteiger partial charge on any atom is -0.494 e. The van der Waals surface area contributed by atoms with Gasteiger partial charge in [-0.1, -0.05) is 24.3 Å². The van der Waals surface area contributed by atoms with Crippen molar-refractivity contribution in [3.8, 4) is 5.75 Å². The molecule has 0 aliphatic heterocycles. The Bertz CT molecular complexity index is 773. The van der Waals surface area contributed by atoms with Gasteiger partial charge in [0.05, 0.1) is 17.7 Å². The van der Waals surface area contributed by atoms with Gasteiger partial charge in [-0.15, -0.1) is 0 Å². The Labute approximate surface area is 151 Å². The molecule has 0 aliphatic carbocycles. The molecule has 0 aromatic heterocycles. The molecule has 7 heteroatoms. The Balaban J connectivity index is 1.73. The lowest BCUT2D eigenvalue weighted by Gasteiger charge is -2.05. The van der Waals surface area contributed by atoms with Gasteiger partial charge in [0, 0.05) is 24.1 Å². The summed E-state index contributed by atoms with van der Waals surface area (Å²) in [5.41, 5.74) is 4.10. The third-order valence-corrected chi connectivity index (χ3v) is 3.59. The molecule has 0 bridgehead atoms. The van der Waals surface area contributed by atoms with Crippen LogP contribution in [0.2, 0.25) is 0 Å². The number of aryl methyl sites for hydroxylation is 1. The van der Waals surface area contributed by atoms with E-state index < -0.39 is 4.92 Å². The first-order chi connectivity index (χ1) is 12.6. The lowest BCUT2D eigenvalue weighted by atomic mass is 10.1. The monoisotopic (exact) mass is 355 g/mol. The van der Waals surface area contributed by atoms with Crippen molar-refractivity contribution in [2.24, 2.45) is 5.10 Å². The van der Waals surface area contributed by atoms with Crippen LogP contribution < -0.4 is 10.2 Å². The van der Waals surface area contributed by atoms with E-state index in [1.165, 1.54) is 18.3 Å². The zero-order valence-corrected chi connectivity index (χ0v) is 14.6. The number of hydrogen-bond acceptors (Lipinski definition) is 5. The number of nitro benzene ring substituents is 1. The number of carbonyl (C=O) groups excluding carboxylic acids is 1. The number of nitro groups is 1. The average Bonchev–Trinajstić information content (AvgIpc) is 2.64. The van der Waals surface area contributed by atoms with Crippen molar-refractivity contribution in [3.05, 3.63) is 69.8 Å². The Hall–Kier alpha value is -3.22. The summed E-state index contributed by atoms with van der Waals surface area (Å²) in [5, 5.41) is 14.5. The second-order valence-corrected chi connectivity index (χ2v) is 5.58. The second-order valence-electron chi connectivity index (χ2n) is 5.58. The minimum atomic E-state index is -0.475. The first-order valence-electron chi connectivity index (χ1n) is 8.36. The molecule has 7 nitrogen and oxygen atoms in total. The van der Waals surface area contributed by atoms with Gasteiger partial charge in [0.1, 0.15) is 5.75 Å². The molecule has 2 aromatic carbocycles. The van der Waals surface area contributed by atoms with Crippen molar-refractivity contribution in [1.29, 1.82) is 0 Å². The van der Waals surface area contributed by atoms with Crippen LogP contribution in [0.1, 0.15) is 30.9 Å². The van der Waals surface area contributed by atoms with E-state index in [-0.39, 0.29) is 11.6 Å². The highest BCUT2D eigenvalue weighted by molar-refractivity contribution is 5.83. The number of rotatable bonds is 9. The molecule has 0 unspecified atom stereocenters. The second kappa shape index (κ2) is 9.93. The predicted octanol–water partition coefficient (Wildman–Crippen LogP) is 3.47. The van der Waals surface area contributed by atoms with E-state index in [0.717, 1.165) is 17.7 Å². The van der Waals surface area contributed by atoms with E-state index in [1.54, 1.807) is 12.1 Å². The van der Waals surface area contributed by atoms with Crippen LogP contribution in [0.5, 0.6) is 5.75 Å². The van der Waals surface area contributed by atoms with Crippen LogP contribution in [0.4, 0.5) is 5.69 Å². The summed E-state index contributed by atoms with van der Waals surface area (Å²) >= 11 is 0. The largest absolute Gasteiger partial charge is 0.494 e. The molecule has 0 heterocycles. The molecule has 1 amide bonds. The molecule has 136 valence electrons. The van der Waals surface area contributed by atoms with Crippen molar-refractivity contribution in [1.82, 2.24) is 5.43 Å². The van der Waals surface area contributed by atoms with Gasteiger partial charge in [0.15, 0.2) is 0 Å². The summed E-state index contributed by atoms with van der Waals surface area (Å²) in [6.45, 7) is 2.57. The topological polar surface area (TPSA) is 93.8 Å². The molecule has 0 aliphatic rings. The number of hydrogen-bond donors (Lipinski definition) is 1. The summed E-state index contributed by atoms with van der Waals surface area (Å²) in [6, 6.07) is 13.8. The fourth-order valence-electron chi connectivity index (χ4n) is 2.33. The van der Waals surface area contributed by atoms with Gasteiger partial charge in [0.25, 0.3) is 5.69 Å². The molecule has 0 saturated heterocycles. The third kappa shape index (κ3) is 6.35. The standard InChI is InChI=1S/C19H21N3O4/c1-2-26-18-11-9-15(10-12-18)5-4-8-19(23)21-20-14-16-6-3-7-17(13-16)22(24)25/h3,6-7,9-14H,2,4-5,8H2,1H3,(H,21,23)/b20-14-. The van der Waals surface area contributed by atoms with Crippen LogP contribution >= 0.6 is 0 Å². The van der Waals surface area contributed by atoms with Crippen LogP contribution in [0.3, 0.4) is 0 Å². The fourth-order valence-corrected chi connectivity index (χ4v) is 2.33. The van der Waals surface area contributed by atoms with Crippen molar-refractivity contribution in [3.63, 3.8) is 0 Å². The average molecular weight is 355 g/mol. The van der Waals surface area contributed by atoms with E-state index in [0.29, 0.717) is 25.0 Å². The SMILES string of the molecule is CCOc1ccc(CCCC(=O)N/N=C\c2cccc([N+](=O)[O-])c2)cc1. The number of hydrazone groups is 1. The molecular formula is C19H21N3O4. The van der Waals surface area contributed by atoms with Gasteiger partial charge in [-0.05, 0) is 37.5 Å². The number of nitrogens with zero attached hydrogens (tertiary/aromatic N) is 2. The van der Waals surface area contributed by atoms with E-state index in [2.05, 4.69) is 10.5 Å². The van der Waals surface area contributed by atoms with E-state index >= 15 is 0 Å². The summed E-state index contributed by atoms with van der Waals surface area (Å²) in [7, 11) is 0. The van der Waals surface area contributed by atoms with Gasteiger partial charge in [-0.25, -0.2) is 5.43 Å². The smallest absolute Gasteiger partial charge is 0.270 e. The Kier molecular flexibility index (Phi) is 7.30. The van der Waals surface area contributed by atoms with Crippen LogP contribution in [0.15, 0.2) is 53.6 Å². The zero-order chi connectivity index (χ0) is 18.8. The third-order valence-electron chi connectivity index (χ3n) is 3.59. The van der Waals surface area contributed by atoms with Gasteiger partial charge in [-0.3, -0.25) is 14.9 Å². The van der Waals surface area contributed by atoms with Crippen LogP contribution in [-0.2, 0) is 11.2 Å². The highest BCUT2D eigenvalue weighted by Crippen LogP contribution is 2.14. The summed E-state index contributed by atoms with van der Waals surface area (Å²) < 4.78 is 5.39. The Morgan fingerprint density at radius 2 is 2.04 bits per heavy atom. The van der Waals surface area contributed by atoms with Gasteiger partial charge in [0.2, 0.25) is 5.91 Å². The quantitative estimate of drug-likeness (QED) is 0.423. The normalized spacial score (nSPS) is 10.7. The summed E-state index contributed by atoms with van der Waals surface area (Å²) in [4.78, 5) is 22.0. The van der Waals surface area contributed by atoms with Crippen LogP contribution in [0.25, 0.3) is 0 Å². The lowest BCUT2D eigenvalue weighted by Crippen LogP contribution is -2.17. The first kappa shape index (κ1) is 19.1.